The van der Waals surface area contributed by atoms with Gasteiger partial charge in [0, 0.05) is 20.2 Å². The fraction of sp³-hybridized carbons (Fsp3) is 1.00. The van der Waals surface area contributed by atoms with Crippen LogP contribution in [0.4, 0.5) is 0 Å². The quantitative estimate of drug-likeness (QED) is 0.757. The molecule has 2 rings (SSSR count). The van der Waals surface area contributed by atoms with E-state index in [1.807, 2.05) is 0 Å². The molecule has 15 heavy (non-hydrogen) atoms. The van der Waals surface area contributed by atoms with Crippen LogP contribution in [0.3, 0.4) is 0 Å². The molecule has 1 aliphatic carbocycles. The van der Waals surface area contributed by atoms with Gasteiger partial charge >= 0.3 is 0 Å². The first-order chi connectivity index (χ1) is 7.35. The summed E-state index contributed by atoms with van der Waals surface area (Å²) in [5.74, 6) is 0. The van der Waals surface area contributed by atoms with Crippen LogP contribution in [0.25, 0.3) is 0 Å². The molecule has 3 nitrogen and oxygen atoms in total. The summed E-state index contributed by atoms with van der Waals surface area (Å²) in [6.45, 7) is 2.69. The second-order valence-corrected chi connectivity index (χ2v) is 4.92. The van der Waals surface area contributed by atoms with Crippen molar-refractivity contribution in [3.63, 3.8) is 0 Å². The number of rotatable bonds is 2. The highest BCUT2D eigenvalue weighted by Gasteiger charge is 2.37. The van der Waals surface area contributed by atoms with Gasteiger partial charge in [0.2, 0.25) is 0 Å². The molecule has 0 aromatic carbocycles. The molecule has 1 heterocycles. The third-order valence-corrected chi connectivity index (χ3v) is 3.60. The molecule has 0 amide bonds. The molecule has 3 heteroatoms. The molecule has 0 aromatic heterocycles. The van der Waals surface area contributed by atoms with Crippen LogP contribution in [-0.4, -0.2) is 38.5 Å². The molecule has 0 bridgehead atoms. The Morgan fingerprint density at radius 2 is 2.00 bits per heavy atom. The molecule has 2 fully saturated rings. The van der Waals surface area contributed by atoms with Gasteiger partial charge in [0.15, 0.2) is 0 Å². The Labute approximate surface area is 92.5 Å². The molecule has 1 atom stereocenters. The molecule has 1 saturated heterocycles. The molecule has 1 N–H and O–H groups in total. The van der Waals surface area contributed by atoms with Gasteiger partial charge in [-0.05, 0) is 12.8 Å². The van der Waals surface area contributed by atoms with E-state index in [2.05, 4.69) is 5.32 Å². The van der Waals surface area contributed by atoms with Crippen molar-refractivity contribution in [3.8, 4) is 0 Å². The van der Waals surface area contributed by atoms with E-state index in [-0.39, 0.29) is 11.7 Å². The Balaban J connectivity index is 1.93. The zero-order valence-electron chi connectivity index (χ0n) is 9.76. The Morgan fingerprint density at radius 1 is 1.27 bits per heavy atom. The smallest absolute Gasteiger partial charge is 0.0940 e. The molecule has 1 aliphatic heterocycles. The van der Waals surface area contributed by atoms with Gasteiger partial charge in [-0.1, -0.05) is 25.7 Å². The molecule has 1 unspecified atom stereocenters. The Hall–Kier alpha value is -0.120. The van der Waals surface area contributed by atoms with Gasteiger partial charge in [-0.25, -0.2) is 0 Å². The maximum atomic E-state index is 6.25. The summed E-state index contributed by atoms with van der Waals surface area (Å²) in [7, 11) is 1.75. The van der Waals surface area contributed by atoms with E-state index < -0.39 is 0 Å². The van der Waals surface area contributed by atoms with Gasteiger partial charge in [0.25, 0.3) is 0 Å². The van der Waals surface area contributed by atoms with Crippen LogP contribution in [0.15, 0.2) is 0 Å². The van der Waals surface area contributed by atoms with Crippen molar-refractivity contribution in [2.45, 2.75) is 50.2 Å². The second-order valence-electron chi connectivity index (χ2n) is 4.92. The largest absolute Gasteiger partial charge is 0.382 e. The fourth-order valence-corrected chi connectivity index (χ4v) is 2.84. The van der Waals surface area contributed by atoms with Crippen molar-refractivity contribution in [2.75, 3.05) is 26.8 Å². The van der Waals surface area contributed by atoms with Gasteiger partial charge in [0.1, 0.15) is 0 Å². The van der Waals surface area contributed by atoms with E-state index in [9.17, 15) is 0 Å². The fourth-order valence-electron chi connectivity index (χ4n) is 2.84. The molecule has 0 radical (unpaired) electrons. The number of morpholine rings is 1. The maximum absolute atomic E-state index is 6.25. The van der Waals surface area contributed by atoms with Crippen LogP contribution in [-0.2, 0) is 9.47 Å². The van der Waals surface area contributed by atoms with E-state index in [4.69, 9.17) is 9.47 Å². The van der Waals surface area contributed by atoms with Crippen LogP contribution in [0, 0.1) is 0 Å². The van der Waals surface area contributed by atoms with Crippen molar-refractivity contribution in [1.29, 1.82) is 0 Å². The first-order valence-corrected chi connectivity index (χ1v) is 6.22. The summed E-state index contributed by atoms with van der Waals surface area (Å²) in [4.78, 5) is 0. The number of methoxy groups -OCH3 is 1. The lowest BCUT2D eigenvalue weighted by Crippen LogP contribution is -2.54. The average Bonchev–Trinajstić information content (AvgIpc) is 2.45. The summed E-state index contributed by atoms with van der Waals surface area (Å²) in [5, 5.41) is 3.50. The molecular formula is C12H23NO2. The number of hydrogen-bond donors (Lipinski definition) is 1. The maximum Gasteiger partial charge on any atom is 0.0940 e. The van der Waals surface area contributed by atoms with Gasteiger partial charge in [0.05, 0.1) is 18.3 Å². The summed E-state index contributed by atoms with van der Waals surface area (Å²) >= 11 is 0. The monoisotopic (exact) mass is 213 g/mol. The predicted octanol–water partition coefficient (Wildman–Crippen LogP) is 1.71. The van der Waals surface area contributed by atoms with Crippen molar-refractivity contribution in [1.82, 2.24) is 5.32 Å². The normalized spacial score (nSPS) is 31.4. The second kappa shape index (κ2) is 5.28. The first-order valence-electron chi connectivity index (χ1n) is 6.22. The lowest BCUT2D eigenvalue weighted by atomic mass is 9.92. The van der Waals surface area contributed by atoms with Gasteiger partial charge in [-0.15, -0.1) is 0 Å². The minimum atomic E-state index is 0.123. The van der Waals surface area contributed by atoms with E-state index >= 15 is 0 Å². The van der Waals surface area contributed by atoms with E-state index in [1.165, 1.54) is 38.5 Å². The SMILES string of the molecule is COCC1CNCC2(CCCCCC2)O1. The highest BCUT2D eigenvalue weighted by Crippen LogP contribution is 2.32. The highest BCUT2D eigenvalue weighted by molar-refractivity contribution is 4.90. The van der Waals surface area contributed by atoms with E-state index in [0.29, 0.717) is 0 Å². The topological polar surface area (TPSA) is 30.5 Å². The van der Waals surface area contributed by atoms with Crippen LogP contribution >= 0.6 is 0 Å². The van der Waals surface area contributed by atoms with Crippen molar-refractivity contribution >= 4 is 0 Å². The highest BCUT2D eigenvalue weighted by atomic mass is 16.5. The molecular weight excluding hydrogens is 190 g/mol. The van der Waals surface area contributed by atoms with E-state index in [0.717, 1.165) is 19.7 Å². The zero-order chi connectivity index (χ0) is 10.6. The Bertz CT molecular complexity index is 186. The molecule has 0 aromatic rings. The Kier molecular flexibility index (Phi) is 4.00. The molecule has 1 spiro atoms. The average molecular weight is 213 g/mol. The predicted molar refractivity (Wildman–Crippen MR) is 60.1 cm³/mol. The Morgan fingerprint density at radius 3 is 2.67 bits per heavy atom. The summed E-state index contributed by atoms with van der Waals surface area (Å²) < 4.78 is 11.4. The van der Waals surface area contributed by atoms with Gasteiger partial charge in [-0.3, -0.25) is 0 Å². The minimum absolute atomic E-state index is 0.123. The summed E-state index contributed by atoms with van der Waals surface area (Å²) in [6, 6.07) is 0. The molecule has 2 aliphatic rings. The van der Waals surface area contributed by atoms with Crippen molar-refractivity contribution < 1.29 is 9.47 Å². The first kappa shape index (κ1) is 11.4. The third kappa shape index (κ3) is 2.92. The minimum Gasteiger partial charge on any atom is -0.382 e. The number of nitrogens with one attached hydrogen (secondary N) is 1. The van der Waals surface area contributed by atoms with Crippen molar-refractivity contribution in [3.05, 3.63) is 0 Å². The van der Waals surface area contributed by atoms with Crippen molar-refractivity contribution in [2.24, 2.45) is 0 Å². The van der Waals surface area contributed by atoms with Gasteiger partial charge < -0.3 is 14.8 Å². The number of ether oxygens (including phenoxy) is 2. The summed E-state index contributed by atoms with van der Waals surface area (Å²) in [6.07, 6.45) is 8.09. The van der Waals surface area contributed by atoms with Crippen LogP contribution in [0.2, 0.25) is 0 Å². The zero-order valence-corrected chi connectivity index (χ0v) is 9.76. The standard InChI is InChI=1S/C12H23NO2/c1-14-9-11-8-13-10-12(15-11)6-4-2-3-5-7-12/h11,13H,2-10H2,1H3. The van der Waals surface area contributed by atoms with Crippen LogP contribution in [0.1, 0.15) is 38.5 Å². The molecule has 1 saturated carbocycles. The van der Waals surface area contributed by atoms with Gasteiger partial charge in [-0.2, -0.15) is 0 Å². The van der Waals surface area contributed by atoms with Crippen LogP contribution in [0.5, 0.6) is 0 Å². The lowest BCUT2D eigenvalue weighted by Gasteiger charge is -2.41. The van der Waals surface area contributed by atoms with E-state index in [1.54, 1.807) is 7.11 Å². The van der Waals surface area contributed by atoms with Crippen LogP contribution < -0.4 is 5.32 Å². The third-order valence-electron chi connectivity index (χ3n) is 3.60. The lowest BCUT2D eigenvalue weighted by molar-refractivity contribution is -0.140. The number of hydrogen-bond acceptors (Lipinski definition) is 3. The summed E-state index contributed by atoms with van der Waals surface area (Å²) in [5.41, 5.74) is 0.123. The molecule has 88 valence electrons.